The van der Waals surface area contributed by atoms with Crippen molar-refractivity contribution in [3.8, 4) is 0 Å². The molecular formula is C13H21ClN4. The fraction of sp³-hybridized carbons (Fsp3) is 0.692. The van der Waals surface area contributed by atoms with Gasteiger partial charge in [0.05, 0.1) is 0 Å². The molecule has 0 radical (unpaired) electrons. The molecule has 5 heteroatoms. The Morgan fingerprint density at radius 3 is 3.06 bits per heavy atom. The van der Waals surface area contributed by atoms with Crippen LogP contribution in [0.5, 0.6) is 0 Å². The number of nitrogens with one attached hydrogen (secondary N) is 1. The lowest BCUT2D eigenvalue weighted by atomic mass is 9.94. The van der Waals surface area contributed by atoms with E-state index in [1.165, 1.54) is 25.7 Å². The van der Waals surface area contributed by atoms with Gasteiger partial charge in [-0.3, -0.25) is 0 Å². The van der Waals surface area contributed by atoms with E-state index >= 15 is 0 Å². The quantitative estimate of drug-likeness (QED) is 0.852. The molecule has 100 valence electrons. The maximum Gasteiger partial charge on any atom is 0.157 e. The topological polar surface area (TPSA) is 41.1 Å². The molecule has 1 aromatic rings. The molecular weight excluding hydrogens is 248 g/mol. The van der Waals surface area contributed by atoms with E-state index in [1.54, 1.807) is 6.33 Å². The first-order valence-electron chi connectivity index (χ1n) is 6.69. The number of piperidine rings is 1. The van der Waals surface area contributed by atoms with Crippen LogP contribution < -0.4 is 10.2 Å². The highest BCUT2D eigenvalue weighted by molar-refractivity contribution is 6.32. The number of hydrogen-bond acceptors (Lipinski definition) is 4. The molecule has 0 aromatic carbocycles. The molecule has 1 unspecified atom stereocenters. The minimum absolute atomic E-state index is 0.500. The van der Waals surface area contributed by atoms with Gasteiger partial charge in [-0.15, -0.1) is 0 Å². The Morgan fingerprint density at radius 2 is 2.33 bits per heavy atom. The van der Waals surface area contributed by atoms with Gasteiger partial charge in [-0.05, 0) is 25.2 Å². The van der Waals surface area contributed by atoms with Crippen molar-refractivity contribution in [1.29, 1.82) is 0 Å². The summed E-state index contributed by atoms with van der Waals surface area (Å²) in [7, 11) is 1.86. The number of aromatic nitrogens is 2. The Bertz CT molecular complexity index is 395. The first-order chi connectivity index (χ1) is 8.76. The van der Waals surface area contributed by atoms with Crippen LogP contribution in [0.15, 0.2) is 6.33 Å². The fourth-order valence-corrected chi connectivity index (χ4v) is 2.93. The first-order valence-corrected chi connectivity index (χ1v) is 7.07. The van der Waals surface area contributed by atoms with Crippen molar-refractivity contribution in [3.63, 3.8) is 0 Å². The van der Waals surface area contributed by atoms with E-state index in [0.717, 1.165) is 30.5 Å². The van der Waals surface area contributed by atoms with E-state index < -0.39 is 0 Å². The van der Waals surface area contributed by atoms with Crippen LogP contribution in [0.1, 0.15) is 32.6 Å². The third-order valence-corrected chi connectivity index (χ3v) is 3.83. The highest BCUT2D eigenvalue weighted by Gasteiger charge is 2.23. The number of anilines is 2. The summed E-state index contributed by atoms with van der Waals surface area (Å²) in [5, 5.41) is 3.61. The summed E-state index contributed by atoms with van der Waals surface area (Å²) >= 11 is 6.11. The monoisotopic (exact) mass is 268 g/mol. The molecule has 0 bridgehead atoms. The molecule has 1 aliphatic heterocycles. The smallest absolute Gasteiger partial charge is 0.157 e. The van der Waals surface area contributed by atoms with Crippen molar-refractivity contribution in [1.82, 2.24) is 9.97 Å². The van der Waals surface area contributed by atoms with Crippen molar-refractivity contribution >= 4 is 23.1 Å². The molecule has 0 spiro atoms. The lowest BCUT2D eigenvalue weighted by Crippen LogP contribution is -2.36. The molecule has 1 N–H and O–H groups in total. The zero-order chi connectivity index (χ0) is 13.0. The fourth-order valence-electron chi connectivity index (χ4n) is 2.71. The maximum absolute atomic E-state index is 6.11. The average Bonchev–Trinajstić information content (AvgIpc) is 2.39. The molecule has 1 fully saturated rings. The number of nitrogens with zero attached hydrogens (tertiary/aromatic N) is 3. The van der Waals surface area contributed by atoms with Crippen molar-refractivity contribution in [3.05, 3.63) is 11.5 Å². The molecule has 2 heterocycles. The number of hydrogen-bond donors (Lipinski definition) is 1. The molecule has 1 aromatic heterocycles. The van der Waals surface area contributed by atoms with Gasteiger partial charge in [-0.1, -0.05) is 24.9 Å². The van der Waals surface area contributed by atoms with E-state index in [2.05, 4.69) is 27.1 Å². The summed E-state index contributed by atoms with van der Waals surface area (Å²) in [6.07, 6.45) is 6.65. The lowest BCUT2D eigenvalue weighted by Gasteiger charge is -2.34. The Balaban J connectivity index is 2.18. The van der Waals surface area contributed by atoms with Crippen LogP contribution in [0, 0.1) is 5.92 Å². The summed E-state index contributed by atoms with van der Waals surface area (Å²) in [6, 6.07) is 0. The lowest BCUT2D eigenvalue weighted by molar-refractivity contribution is 0.387. The van der Waals surface area contributed by atoms with Crippen LogP contribution in [0.4, 0.5) is 11.5 Å². The van der Waals surface area contributed by atoms with Gasteiger partial charge in [0.1, 0.15) is 12.0 Å². The highest BCUT2D eigenvalue weighted by atomic mass is 35.5. The molecule has 0 amide bonds. The van der Waals surface area contributed by atoms with Gasteiger partial charge < -0.3 is 10.2 Å². The van der Waals surface area contributed by atoms with E-state index in [9.17, 15) is 0 Å². The Morgan fingerprint density at radius 1 is 1.50 bits per heavy atom. The molecule has 0 aliphatic carbocycles. The summed E-state index contributed by atoms with van der Waals surface area (Å²) in [5.41, 5.74) is 0.844. The van der Waals surface area contributed by atoms with Gasteiger partial charge >= 0.3 is 0 Å². The van der Waals surface area contributed by atoms with Gasteiger partial charge in [0.25, 0.3) is 0 Å². The van der Waals surface area contributed by atoms with E-state index in [4.69, 9.17) is 11.6 Å². The molecule has 1 saturated heterocycles. The summed E-state index contributed by atoms with van der Waals surface area (Å²) in [6.45, 7) is 4.39. The number of halogens is 1. The number of rotatable bonds is 4. The Kier molecular flexibility index (Phi) is 4.64. The van der Waals surface area contributed by atoms with Crippen molar-refractivity contribution in [2.45, 2.75) is 32.6 Å². The van der Waals surface area contributed by atoms with Crippen molar-refractivity contribution < 1.29 is 0 Å². The Labute approximate surface area is 114 Å². The third kappa shape index (κ3) is 2.86. The predicted octanol–water partition coefficient (Wildman–Crippen LogP) is 3.19. The van der Waals surface area contributed by atoms with E-state index in [0.29, 0.717) is 5.15 Å². The van der Waals surface area contributed by atoms with Crippen molar-refractivity contribution in [2.24, 2.45) is 5.92 Å². The van der Waals surface area contributed by atoms with Gasteiger partial charge in [-0.2, -0.15) is 0 Å². The third-order valence-electron chi connectivity index (χ3n) is 3.55. The zero-order valence-corrected chi connectivity index (χ0v) is 11.9. The highest BCUT2D eigenvalue weighted by Crippen LogP contribution is 2.32. The van der Waals surface area contributed by atoms with Crippen LogP contribution in [0.2, 0.25) is 5.15 Å². The van der Waals surface area contributed by atoms with E-state index in [1.807, 2.05) is 7.05 Å². The largest absolute Gasteiger partial charge is 0.383 e. The van der Waals surface area contributed by atoms with Gasteiger partial charge in [-0.25, -0.2) is 9.97 Å². The van der Waals surface area contributed by atoms with Crippen LogP contribution in [0.25, 0.3) is 0 Å². The second kappa shape index (κ2) is 6.23. The summed E-state index contributed by atoms with van der Waals surface area (Å²) in [4.78, 5) is 10.8. The maximum atomic E-state index is 6.11. The van der Waals surface area contributed by atoms with Crippen LogP contribution in [-0.4, -0.2) is 30.1 Å². The molecule has 4 nitrogen and oxygen atoms in total. The normalized spacial score (nSPS) is 19.9. The van der Waals surface area contributed by atoms with Crippen LogP contribution >= 0.6 is 11.6 Å². The summed E-state index contributed by atoms with van der Waals surface area (Å²) in [5.74, 6) is 1.72. The minimum Gasteiger partial charge on any atom is -0.383 e. The zero-order valence-electron chi connectivity index (χ0n) is 11.1. The second-order valence-electron chi connectivity index (χ2n) is 4.86. The minimum atomic E-state index is 0.500. The molecule has 0 saturated carbocycles. The summed E-state index contributed by atoms with van der Waals surface area (Å²) < 4.78 is 0. The van der Waals surface area contributed by atoms with Gasteiger partial charge in [0.2, 0.25) is 0 Å². The average molecular weight is 269 g/mol. The van der Waals surface area contributed by atoms with Crippen LogP contribution in [0.3, 0.4) is 0 Å². The van der Waals surface area contributed by atoms with Crippen molar-refractivity contribution in [2.75, 3.05) is 30.4 Å². The van der Waals surface area contributed by atoms with Crippen LogP contribution in [-0.2, 0) is 0 Å². The molecule has 1 atom stereocenters. The van der Waals surface area contributed by atoms with Gasteiger partial charge in [0, 0.05) is 20.1 Å². The Hall–Kier alpha value is -1.03. The standard InChI is InChI=1S/C13H21ClN4/c1-3-5-10-6-4-7-18(8-10)13-11(15-2)12(14)16-9-17-13/h9-10,15H,3-8H2,1-2H3. The molecule has 2 rings (SSSR count). The predicted molar refractivity (Wildman–Crippen MR) is 76.4 cm³/mol. The van der Waals surface area contributed by atoms with E-state index in [-0.39, 0.29) is 0 Å². The van der Waals surface area contributed by atoms with Gasteiger partial charge in [0.15, 0.2) is 11.0 Å². The SMILES string of the molecule is CCCC1CCCN(c2ncnc(Cl)c2NC)C1. The second-order valence-corrected chi connectivity index (χ2v) is 5.21. The molecule has 18 heavy (non-hydrogen) atoms. The molecule has 1 aliphatic rings. The first kappa shape index (κ1) is 13.4.